The molecule has 4 N–H and O–H groups in total. The Labute approximate surface area is 123 Å². The average Bonchev–Trinajstić information content (AvgIpc) is 2.78. The van der Waals surface area contributed by atoms with Crippen LogP contribution in [-0.4, -0.2) is 30.2 Å². The molecule has 0 radical (unpaired) electrons. The fraction of sp³-hybridized carbons (Fsp3) is 0.667. The van der Waals surface area contributed by atoms with E-state index in [2.05, 4.69) is 15.0 Å². The second-order valence-electron chi connectivity index (χ2n) is 5.39. The van der Waals surface area contributed by atoms with Crippen LogP contribution in [0.5, 0.6) is 0 Å². The minimum Gasteiger partial charge on any atom is -0.409 e. The maximum Gasteiger partial charge on any atom is 0.246 e. The van der Waals surface area contributed by atoms with Gasteiger partial charge in [-0.1, -0.05) is 29.6 Å². The van der Waals surface area contributed by atoms with Gasteiger partial charge in [0.05, 0.1) is 5.54 Å². The number of aromatic nitrogens is 1. The summed E-state index contributed by atoms with van der Waals surface area (Å²) in [5, 5.41) is 15.7. The van der Waals surface area contributed by atoms with Crippen molar-refractivity contribution < 1.29 is 18.1 Å². The summed E-state index contributed by atoms with van der Waals surface area (Å²) in [7, 11) is -3.87. The number of hydrogen-bond acceptors (Lipinski definition) is 6. The van der Waals surface area contributed by atoms with E-state index >= 15 is 0 Å². The van der Waals surface area contributed by atoms with Gasteiger partial charge in [0, 0.05) is 0 Å². The van der Waals surface area contributed by atoms with Crippen molar-refractivity contribution in [2.45, 2.75) is 56.4 Å². The van der Waals surface area contributed by atoms with Gasteiger partial charge in [0.25, 0.3) is 0 Å². The molecule has 1 saturated carbocycles. The van der Waals surface area contributed by atoms with E-state index < -0.39 is 15.6 Å². The van der Waals surface area contributed by atoms with E-state index in [0.717, 1.165) is 19.3 Å². The molecular weight excluding hydrogens is 296 g/mol. The lowest BCUT2D eigenvalue weighted by Gasteiger charge is -2.36. The van der Waals surface area contributed by atoms with Crippen molar-refractivity contribution in [1.29, 1.82) is 0 Å². The molecule has 118 valence electrons. The lowest BCUT2D eigenvalue weighted by atomic mass is 9.82. The first-order valence-electron chi connectivity index (χ1n) is 6.77. The fourth-order valence-corrected chi connectivity index (χ4v) is 4.60. The normalized spacial score (nSPS) is 19.6. The summed E-state index contributed by atoms with van der Waals surface area (Å²) in [6, 6.07) is 0. The highest BCUT2D eigenvalue weighted by Gasteiger charge is 2.42. The smallest absolute Gasteiger partial charge is 0.246 e. The van der Waals surface area contributed by atoms with Crippen LogP contribution in [0.15, 0.2) is 14.6 Å². The van der Waals surface area contributed by atoms with Crippen LogP contribution in [0.2, 0.25) is 0 Å². The Morgan fingerprint density at radius 2 is 2.00 bits per heavy atom. The summed E-state index contributed by atoms with van der Waals surface area (Å²) in [4.78, 5) is 0.0122. The van der Waals surface area contributed by atoms with Gasteiger partial charge in [-0.15, -0.1) is 0 Å². The van der Waals surface area contributed by atoms with E-state index in [-0.39, 0.29) is 22.2 Å². The summed E-state index contributed by atoms with van der Waals surface area (Å²) in [5.41, 5.74) is 4.98. The van der Waals surface area contributed by atoms with Crippen molar-refractivity contribution in [3.63, 3.8) is 0 Å². The molecule has 0 saturated heterocycles. The summed E-state index contributed by atoms with van der Waals surface area (Å²) in [5.74, 6) is 0.100. The molecule has 1 fully saturated rings. The van der Waals surface area contributed by atoms with Crippen molar-refractivity contribution in [3.05, 3.63) is 11.5 Å². The van der Waals surface area contributed by atoms with E-state index in [1.807, 2.05) is 0 Å². The van der Waals surface area contributed by atoms with Crippen LogP contribution in [0.4, 0.5) is 0 Å². The largest absolute Gasteiger partial charge is 0.409 e. The number of nitrogens with two attached hydrogens (primary N) is 1. The Bertz CT molecular complexity index is 625. The summed E-state index contributed by atoms with van der Waals surface area (Å²) in [6.07, 6.45) is 3.59. The Kier molecular flexibility index (Phi) is 4.24. The number of sulfonamides is 1. The van der Waals surface area contributed by atoms with Crippen molar-refractivity contribution in [1.82, 2.24) is 9.88 Å². The third-order valence-corrected chi connectivity index (χ3v) is 5.65. The highest BCUT2D eigenvalue weighted by atomic mass is 32.2. The minimum atomic E-state index is -3.87. The van der Waals surface area contributed by atoms with Gasteiger partial charge in [-0.25, -0.2) is 8.42 Å². The third-order valence-electron chi connectivity index (χ3n) is 3.87. The number of nitrogens with one attached hydrogen (secondary N) is 1. The molecule has 0 amide bonds. The number of amidine groups is 1. The summed E-state index contributed by atoms with van der Waals surface area (Å²) < 4.78 is 32.8. The molecule has 1 aromatic heterocycles. The topological polar surface area (TPSA) is 131 Å². The zero-order valence-electron chi connectivity index (χ0n) is 12.1. The van der Waals surface area contributed by atoms with E-state index in [0.29, 0.717) is 12.8 Å². The molecule has 21 heavy (non-hydrogen) atoms. The molecule has 0 bridgehead atoms. The number of rotatable bonds is 4. The Hall–Kier alpha value is -1.61. The van der Waals surface area contributed by atoms with Crippen LogP contribution < -0.4 is 10.5 Å². The molecule has 1 aliphatic carbocycles. The lowest BCUT2D eigenvalue weighted by molar-refractivity contribution is 0.294. The molecule has 9 heteroatoms. The van der Waals surface area contributed by atoms with E-state index in [1.165, 1.54) is 6.92 Å². The molecule has 2 rings (SSSR count). The third kappa shape index (κ3) is 2.88. The number of nitrogens with zero attached hydrogens (tertiary/aromatic N) is 2. The molecule has 1 aromatic rings. The highest BCUT2D eigenvalue weighted by molar-refractivity contribution is 7.89. The number of hydrogen-bond donors (Lipinski definition) is 3. The van der Waals surface area contributed by atoms with Gasteiger partial charge in [0.15, 0.2) is 11.6 Å². The molecule has 0 spiro atoms. The first kappa shape index (κ1) is 15.8. The molecule has 0 unspecified atom stereocenters. The van der Waals surface area contributed by atoms with Crippen LogP contribution in [0, 0.1) is 13.8 Å². The molecule has 0 aromatic carbocycles. The summed E-state index contributed by atoms with van der Waals surface area (Å²) >= 11 is 0. The Balaban J connectivity index is 2.41. The van der Waals surface area contributed by atoms with Crippen LogP contribution in [0.1, 0.15) is 43.6 Å². The molecule has 1 heterocycles. The molecule has 0 aliphatic heterocycles. The number of aryl methyl sites for hydroxylation is 2. The predicted molar refractivity (Wildman–Crippen MR) is 75.5 cm³/mol. The zero-order valence-corrected chi connectivity index (χ0v) is 12.9. The second kappa shape index (κ2) is 5.64. The standard InChI is InChI=1S/C12H20N4O4S/c1-8-10(9(2)20-15-8)21(18,19)16-12(11(13)14-17)6-4-3-5-7-12/h16-17H,3-7H2,1-2H3,(H2,13,14). The zero-order chi connectivity index (χ0) is 15.7. The van der Waals surface area contributed by atoms with Crippen molar-refractivity contribution in [2.24, 2.45) is 10.9 Å². The monoisotopic (exact) mass is 316 g/mol. The van der Waals surface area contributed by atoms with Gasteiger partial charge >= 0.3 is 0 Å². The second-order valence-corrected chi connectivity index (χ2v) is 7.01. The lowest BCUT2D eigenvalue weighted by Crippen LogP contribution is -2.58. The molecule has 0 atom stereocenters. The maximum atomic E-state index is 12.6. The van der Waals surface area contributed by atoms with Crippen molar-refractivity contribution in [2.75, 3.05) is 0 Å². The number of oxime groups is 1. The van der Waals surface area contributed by atoms with E-state index in [9.17, 15) is 8.42 Å². The van der Waals surface area contributed by atoms with Gasteiger partial charge in [0.1, 0.15) is 10.6 Å². The summed E-state index contributed by atoms with van der Waals surface area (Å²) in [6.45, 7) is 3.09. The van der Waals surface area contributed by atoms with E-state index in [4.69, 9.17) is 15.5 Å². The SMILES string of the molecule is Cc1noc(C)c1S(=O)(=O)NC1(/C(N)=N/O)CCCCC1. The van der Waals surface area contributed by atoms with Crippen molar-refractivity contribution in [3.8, 4) is 0 Å². The van der Waals surface area contributed by atoms with Gasteiger partial charge in [-0.3, -0.25) is 0 Å². The van der Waals surface area contributed by atoms with E-state index in [1.54, 1.807) is 6.92 Å². The first-order valence-corrected chi connectivity index (χ1v) is 8.25. The quantitative estimate of drug-likeness (QED) is 0.329. The molecular formula is C12H20N4O4S. The van der Waals surface area contributed by atoms with Crippen molar-refractivity contribution >= 4 is 15.9 Å². The van der Waals surface area contributed by atoms with Gasteiger partial charge in [-0.05, 0) is 26.7 Å². The van der Waals surface area contributed by atoms with Gasteiger partial charge in [-0.2, -0.15) is 4.72 Å². The van der Waals surface area contributed by atoms with Crippen LogP contribution in [-0.2, 0) is 10.0 Å². The fourth-order valence-electron chi connectivity index (χ4n) is 2.83. The van der Waals surface area contributed by atoms with Crippen LogP contribution in [0.25, 0.3) is 0 Å². The first-order chi connectivity index (χ1) is 9.82. The Morgan fingerprint density at radius 1 is 1.38 bits per heavy atom. The Morgan fingerprint density at radius 3 is 2.48 bits per heavy atom. The van der Waals surface area contributed by atoms with Gasteiger partial charge < -0.3 is 15.5 Å². The maximum absolute atomic E-state index is 12.6. The minimum absolute atomic E-state index is 0.0122. The van der Waals surface area contributed by atoms with Crippen LogP contribution in [0.3, 0.4) is 0 Å². The molecule has 1 aliphatic rings. The van der Waals surface area contributed by atoms with Gasteiger partial charge in [0.2, 0.25) is 10.0 Å². The average molecular weight is 316 g/mol. The highest BCUT2D eigenvalue weighted by Crippen LogP contribution is 2.31. The predicted octanol–water partition coefficient (Wildman–Crippen LogP) is 1.02. The molecule has 8 nitrogen and oxygen atoms in total. The van der Waals surface area contributed by atoms with Crippen LogP contribution >= 0.6 is 0 Å².